The van der Waals surface area contributed by atoms with Gasteiger partial charge < -0.3 is 25.0 Å². The van der Waals surface area contributed by atoms with E-state index >= 15 is 0 Å². The molecule has 0 bridgehead atoms. The molecule has 1 aliphatic heterocycles. The summed E-state index contributed by atoms with van der Waals surface area (Å²) >= 11 is 0. The number of ether oxygens (including phenoxy) is 1. The number of hydrogen-bond donors (Lipinski definition) is 3. The number of fused-ring (bicyclic) bond motifs is 5. The van der Waals surface area contributed by atoms with Gasteiger partial charge in [0.25, 0.3) is 5.91 Å². The summed E-state index contributed by atoms with van der Waals surface area (Å²) in [7, 11) is 0. The first kappa shape index (κ1) is 30.8. The van der Waals surface area contributed by atoms with Crippen LogP contribution >= 0.6 is 0 Å². The van der Waals surface area contributed by atoms with Crippen molar-refractivity contribution in [2.75, 3.05) is 11.9 Å². The number of anilines is 1. The van der Waals surface area contributed by atoms with Gasteiger partial charge in [-0.1, -0.05) is 49.6 Å². The van der Waals surface area contributed by atoms with Crippen molar-refractivity contribution in [3.8, 4) is 17.0 Å². The first-order valence-corrected chi connectivity index (χ1v) is 17.0. The van der Waals surface area contributed by atoms with Crippen molar-refractivity contribution in [3.63, 3.8) is 0 Å². The van der Waals surface area contributed by atoms with Gasteiger partial charge in [0.05, 0.1) is 12.2 Å². The van der Waals surface area contributed by atoms with E-state index in [1.54, 1.807) is 24.3 Å². The van der Waals surface area contributed by atoms with E-state index in [1.807, 2.05) is 12.1 Å². The lowest BCUT2D eigenvalue weighted by atomic mass is 9.81. The number of aromatic nitrogens is 1. The van der Waals surface area contributed by atoms with Crippen LogP contribution in [0.3, 0.4) is 0 Å². The van der Waals surface area contributed by atoms with Gasteiger partial charge in [0.2, 0.25) is 5.91 Å². The first-order chi connectivity index (χ1) is 22.9. The third-order valence-corrected chi connectivity index (χ3v) is 10.1. The zero-order valence-electron chi connectivity index (χ0n) is 26.5. The summed E-state index contributed by atoms with van der Waals surface area (Å²) in [4.78, 5) is 37.3. The normalized spacial score (nSPS) is 19.7. The van der Waals surface area contributed by atoms with Crippen LogP contribution in [0.2, 0.25) is 0 Å². The predicted octanol–water partition coefficient (Wildman–Crippen LogP) is 7.77. The summed E-state index contributed by atoms with van der Waals surface area (Å²) in [6, 6.07) is 21.7. The molecular formula is C39H41N3O5. The van der Waals surface area contributed by atoms with Crippen molar-refractivity contribution >= 4 is 40.4 Å². The number of carboxylic acid groups (broad SMARTS) is 1. The molecule has 47 heavy (non-hydrogen) atoms. The number of benzene rings is 3. The van der Waals surface area contributed by atoms with Crippen LogP contribution < -0.4 is 15.4 Å². The largest absolute Gasteiger partial charge is 0.491 e. The van der Waals surface area contributed by atoms with Crippen LogP contribution in [-0.2, 0) is 16.1 Å². The maximum absolute atomic E-state index is 13.6. The van der Waals surface area contributed by atoms with Crippen molar-refractivity contribution in [1.82, 2.24) is 9.88 Å². The van der Waals surface area contributed by atoms with Gasteiger partial charge in [-0.15, -0.1) is 0 Å². The van der Waals surface area contributed by atoms with Gasteiger partial charge in [-0.2, -0.15) is 0 Å². The molecule has 8 heteroatoms. The molecule has 1 aromatic heterocycles. The van der Waals surface area contributed by atoms with Gasteiger partial charge in [-0.05, 0) is 98.0 Å². The Bertz CT molecular complexity index is 1830. The van der Waals surface area contributed by atoms with Gasteiger partial charge in [0.15, 0.2) is 0 Å². The van der Waals surface area contributed by atoms with Crippen molar-refractivity contribution in [2.24, 2.45) is 5.92 Å². The van der Waals surface area contributed by atoms with E-state index in [1.165, 1.54) is 54.8 Å². The molecule has 8 nitrogen and oxygen atoms in total. The molecular weight excluding hydrogens is 590 g/mol. The fraction of sp³-hybridized carbons (Fsp3) is 0.359. The summed E-state index contributed by atoms with van der Waals surface area (Å²) in [5.74, 6) is 0.207. The van der Waals surface area contributed by atoms with Gasteiger partial charge >= 0.3 is 5.97 Å². The van der Waals surface area contributed by atoms with E-state index in [4.69, 9.17) is 9.84 Å². The fourth-order valence-corrected chi connectivity index (χ4v) is 7.74. The highest BCUT2D eigenvalue weighted by molar-refractivity contribution is 6.01. The van der Waals surface area contributed by atoms with E-state index in [9.17, 15) is 14.4 Å². The van der Waals surface area contributed by atoms with Crippen LogP contribution in [0.25, 0.3) is 28.2 Å². The number of para-hydroxylation sites is 1. The minimum Gasteiger partial charge on any atom is -0.491 e. The molecule has 0 radical (unpaired) electrons. The molecule has 2 heterocycles. The Labute approximate surface area is 274 Å². The molecule has 3 aliphatic rings. The van der Waals surface area contributed by atoms with E-state index in [2.05, 4.69) is 45.5 Å². The highest BCUT2D eigenvalue weighted by atomic mass is 16.5. The fourth-order valence-electron chi connectivity index (χ4n) is 7.74. The number of rotatable bonds is 7. The minimum atomic E-state index is -1.00. The Balaban J connectivity index is 1.04. The molecule has 7 rings (SSSR count). The smallest absolute Gasteiger partial charge is 0.328 e. The molecule has 2 fully saturated rings. The summed E-state index contributed by atoms with van der Waals surface area (Å²) < 4.78 is 8.57. The Morgan fingerprint density at radius 2 is 1.64 bits per heavy atom. The molecule has 2 amide bonds. The minimum absolute atomic E-state index is 0.0186. The third kappa shape index (κ3) is 6.55. The average molecular weight is 632 g/mol. The zero-order valence-corrected chi connectivity index (χ0v) is 26.5. The molecule has 2 aliphatic carbocycles. The number of nitrogens with one attached hydrogen (secondary N) is 2. The van der Waals surface area contributed by atoms with Gasteiger partial charge in [-0.25, -0.2) is 4.79 Å². The number of aliphatic carboxylic acids is 1. The van der Waals surface area contributed by atoms with E-state index < -0.39 is 5.97 Å². The first-order valence-electron chi connectivity index (χ1n) is 17.0. The van der Waals surface area contributed by atoms with Crippen LogP contribution in [-0.4, -0.2) is 40.1 Å². The second kappa shape index (κ2) is 13.5. The van der Waals surface area contributed by atoms with Gasteiger partial charge in [0, 0.05) is 45.8 Å². The Kier molecular flexibility index (Phi) is 8.83. The number of carbonyl (C=O) groups is 3. The Hall–Kier alpha value is -4.85. The standard InChI is InChI=1S/C39H41N3O5/c43-35(44)21-12-25-10-16-29(17-11-25)40-38(45)27-13-18-30(19-14-27)41-39(46)28-15-20-31-33(24-28)42-22-23-47-34-9-5-4-8-32(34)37(42)36(31)26-6-2-1-3-7-26/h4-5,8-12,15-17,20-21,24,26-27,30H,1-3,6-7,13-14,18-19,22-23H2,(H,40,45)(H,41,46)(H,43,44). The molecule has 3 aromatic carbocycles. The summed E-state index contributed by atoms with van der Waals surface area (Å²) in [6.45, 7) is 1.32. The Morgan fingerprint density at radius 3 is 2.40 bits per heavy atom. The maximum atomic E-state index is 13.6. The van der Waals surface area contributed by atoms with Gasteiger partial charge in [-0.3, -0.25) is 9.59 Å². The van der Waals surface area contributed by atoms with Crippen LogP contribution in [0.1, 0.15) is 85.2 Å². The van der Waals surface area contributed by atoms with E-state index in [-0.39, 0.29) is 23.8 Å². The molecule has 3 N–H and O–H groups in total. The molecule has 0 unspecified atom stereocenters. The molecule has 0 saturated heterocycles. The van der Waals surface area contributed by atoms with Crippen molar-refractivity contribution < 1.29 is 24.2 Å². The van der Waals surface area contributed by atoms with Crippen LogP contribution in [0, 0.1) is 5.92 Å². The average Bonchev–Trinajstić information content (AvgIpc) is 3.29. The zero-order chi connectivity index (χ0) is 32.3. The van der Waals surface area contributed by atoms with E-state index in [0.717, 1.165) is 47.9 Å². The highest BCUT2D eigenvalue weighted by Crippen LogP contribution is 2.47. The summed E-state index contributed by atoms with van der Waals surface area (Å²) in [5, 5.41) is 16.3. The maximum Gasteiger partial charge on any atom is 0.328 e. The second-order valence-corrected chi connectivity index (χ2v) is 13.1. The van der Waals surface area contributed by atoms with Crippen LogP contribution in [0.5, 0.6) is 5.75 Å². The molecule has 0 atom stereocenters. The third-order valence-electron chi connectivity index (χ3n) is 10.1. The molecule has 2 saturated carbocycles. The highest BCUT2D eigenvalue weighted by Gasteiger charge is 2.31. The SMILES string of the molecule is O=C(O)C=Cc1ccc(NC(=O)C2CCC(NC(=O)c3ccc4c(C5CCCCC5)c5n(c4c3)CCOc3ccccc3-5)CC2)cc1. The number of carboxylic acids is 1. The monoisotopic (exact) mass is 631 g/mol. The number of nitrogens with zero attached hydrogens (tertiary/aromatic N) is 1. The second-order valence-electron chi connectivity index (χ2n) is 13.1. The Morgan fingerprint density at radius 1 is 0.872 bits per heavy atom. The topological polar surface area (TPSA) is 110 Å². The van der Waals surface area contributed by atoms with Gasteiger partial charge in [0.1, 0.15) is 12.4 Å². The lowest BCUT2D eigenvalue weighted by Gasteiger charge is -2.28. The number of hydrogen-bond acceptors (Lipinski definition) is 4. The number of carbonyl (C=O) groups excluding carboxylic acids is 2. The summed E-state index contributed by atoms with van der Waals surface area (Å²) in [6.07, 6.45) is 11.7. The van der Waals surface area contributed by atoms with E-state index in [0.29, 0.717) is 36.6 Å². The number of amides is 2. The predicted molar refractivity (Wildman–Crippen MR) is 184 cm³/mol. The molecule has 242 valence electrons. The lowest BCUT2D eigenvalue weighted by molar-refractivity contribution is -0.131. The van der Waals surface area contributed by atoms with Crippen LogP contribution in [0.15, 0.2) is 72.8 Å². The van der Waals surface area contributed by atoms with Crippen molar-refractivity contribution in [3.05, 3.63) is 89.5 Å². The molecule has 4 aromatic rings. The summed E-state index contributed by atoms with van der Waals surface area (Å²) in [5.41, 5.74) is 6.98. The van der Waals surface area contributed by atoms with Crippen molar-refractivity contribution in [1.29, 1.82) is 0 Å². The van der Waals surface area contributed by atoms with Crippen molar-refractivity contribution in [2.45, 2.75) is 76.3 Å². The lowest BCUT2D eigenvalue weighted by Crippen LogP contribution is -2.39. The molecule has 0 spiro atoms. The quantitative estimate of drug-likeness (QED) is 0.181. The van der Waals surface area contributed by atoms with Crippen LogP contribution in [0.4, 0.5) is 5.69 Å².